The fourth-order valence-corrected chi connectivity index (χ4v) is 2.34. The number of methoxy groups -OCH3 is 1. The van der Waals surface area contributed by atoms with Gasteiger partial charge < -0.3 is 14.9 Å². The molecule has 0 aliphatic rings. The highest BCUT2D eigenvalue weighted by atomic mass is 32.2. The number of rotatable bonds is 5. The lowest BCUT2D eigenvalue weighted by atomic mass is 10.3. The minimum atomic E-state index is -1.02. The topological polar surface area (TPSA) is 78.3 Å². The van der Waals surface area contributed by atoms with Crippen LogP contribution in [-0.2, 0) is 21.3 Å². The average Bonchev–Trinajstić information content (AvgIpc) is 2.67. The molecule has 2 rings (SSSR count). The van der Waals surface area contributed by atoms with Crippen LogP contribution >= 0.6 is 0 Å². The maximum absolute atomic E-state index is 11.6. The standard InChI is InChI=1S/C11H14N2O3S/c1-15-4-5-17(14)7-11-13-9-6-8(12)2-3-10(9)16-11/h2-3,6H,4-5,7,12H2,1H3. The Bertz CT molecular complexity index is 538. The summed E-state index contributed by atoms with van der Waals surface area (Å²) < 4.78 is 22.0. The van der Waals surface area contributed by atoms with Crippen molar-refractivity contribution < 1.29 is 13.4 Å². The minimum absolute atomic E-state index is 0.304. The van der Waals surface area contributed by atoms with E-state index < -0.39 is 10.8 Å². The molecule has 0 bridgehead atoms. The molecule has 0 amide bonds. The molecule has 0 fully saturated rings. The molecule has 0 spiro atoms. The summed E-state index contributed by atoms with van der Waals surface area (Å²) in [4.78, 5) is 4.24. The summed E-state index contributed by atoms with van der Waals surface area (Å²) in [7, 11) is 0.567. The maximum Gasteiger partial charge on any atom is 0.208 e. The summed E-state index contributed by atoms with van der Waals surface area (Å²) in [5, 5.41) is 0. The smallest absolute Gasteiger partial charge is 0.208 e. The molecule has 1 heterocycles. The molecule has 1 unspecified atom stereocenters. The molecule has 1 atom stereocenters. The van der Waals surface area contributed by atoms with E-state index >= 15 is 0 Å². The molecule has 2 N–H and O–H groups in total. The van der Waals surface area contributed by atoms with Crippen molar-refractivity contribution in [3.05, 3.63) is 24.1 Å². The van der Waals surface area contributed by atoms with Crippen molar-refractivity contribution in [2.24, 2.45) is 0 Å². The van der Waals surface area contributed by atoms with Gasteiger partial charge >= 0.3 is 0 Å². The minimum Gasteiger partial charge on any atom is -0.440 e. The molecule has 0 aliphatic heterocycles. The molecule has 0 saturated heterocycles. The SMILES string of the molecule is COCCS(=O)Cc1nc2cc(N)ccc2o1. The van der Waals surface area contributed by atoms with Crippen LogP contribution in [-0.4, -0.2) is 28.7 Å². The normalized spacial score (nSPS) is 13.0. The Morgan fingerprint density at radius 2 is 2.35 bits per heavy atom. The predicted molar refractivity (Wildman–Crippen MR) is 67.0 cm³/mol. The highest BCUT2D eigenvalue weighted by molar-refractivity contribution is 7.84. The second kappa shape index (κ2) is 5.29. The predicted octanol–water partition coefficient (Wildman–Crippen LogP) is 1.31. The molecule has 0 radical (unpaired) electrons. The van der Waals surface area contributed by atoms with E-state index in [0.29, 0.717) is 40.8 Å². The van der Waals surface area contributed by atoms with E-state index in [1.54, 1.807) is 25.3 Å². The Morgan fingerprint density at radius 3 is 3.12 bits per heavy atom. The van der Waals surface area contributed by atoms with Gasteiger partial charge in [-0.1, -0.05) is 0 Å². The van der Waals surface area contributed by atoms with Gasteiger partial charge in [-0.05, 0) is 18.2 Å². The third kappa shape index (κ3) is 3.04. The monoisotopic (exact) mass is 254 g/mol. The van der Waals surface area contributed by atoms with Gasteiger partial charge in [0.05, 0.1) is 6.61 Å². The van der Waals surface area contributed by atoms with Gasteiger partial charge in [-0.25, -0.2) is 4.98 Å². The number of hydrogen-bond donors (Lipinski definition) is 1. The van der Waals surface area contributed by atoms with Crippen molar-refractivity contribution in [2.45, 2.75) is 5.75 Å². The van der Waals surface area contributed by atoms with E-state index in [2.05, 4.69) is 4.98 Å². The van der Waals surface area contributed by atoms with Gasteiger partial charge in [0.25, 0.3) is 0 Å². The van der Waals surface area contributed by atoms with Crippen molar-refractivity contribution in [1.29, 1.82) is 0 Å². The molecule has 0 saturated carbocycles. The molecule has 5 nitrogen and oxygen atoms in total. The van der Waals surface area contributed by atoms with Gasteiger partial charge in [0.1, 0.15) is 11.3 Å². The molecule has 17 heavy (non-hydrogen) atoms. The second-order valence-electron chi connectivity index (χ2n) is 3.62. The number of oxazole rings is 1. The van der Waals surface area contributed by atoms with E-state index in [1.165, 1.54) is 0 Å². The Balaban J connectivity index is 2.11. The van der Waals surface area contributed by atoms with Gasteiger partial charge in [-0.2, -0.15) is 0 Å². The van der Waals surface area contributed by atoms with Crippen LogP contribution in [0.15, 0.2) is 22.6 Å². The Kier molecular flexibility index (Phi) is 3.75. The third-order valence-electron chi connectivity index (χ3n) is 2.26. The van der Waals surface area contributed by atoms with Crippen molar-refractivity contribution in [1.82, 2.24) is 4.98 Å². The summed E-state index contributed by atoms with van der Waals surface area (Å²) in [5.41, 5.74) is 7.64. The number of benzene rings is 1. The number of hydrogen-bond acceptors (Lipinski definition) is 5. The lowest BCUT2D eigenvalue weighted by Gasteiger charge is -1.97. The Hall–Kier alpha value is -1.40. The van der Waals surface area contributed by atoms with Gasteiger partial charge in [0.2, 0.25) is 5.89 Å². The summed E-state index contributed by atoms with van der Waals surface area (Å²) in [6.45, 7) is 0.472. The molecular formula is C11H14N2O3S. The van der Waals surface area contributed by atoms with Crippen molar-refractivity contribution in [2.75, 3.05) is 25.2 Å². The van der Waals surface area contributed by atoms with E-state index in [0.717, 1.165) is 0 Å². The number of nitrogens with two attached hydrogens (primary N) is 1. The van der Waals surface area contributed by atoms with E-state index in [1.807, 2.05) is 0 Å². The zero-order valence-corrected chi connectivity index (χ0v) is 10.3. The van der Waals surface area contributed by atoms with Crippen LogP contribution in [0, 0.1) is 0 Å². The number of fused-ring (bicyclic) bond motifs is 1. The van der Waals surface area contributed by atoms with Gasteiger partial charge in [0, 0.05) is 29.3 Å². The Labute approximate surface area is 101 Å². The number of anilines is 1. The van der Waals surface area contributed by atoms with Gasteiger partial charge in [-0.15, -0.1) is 0 Å². The van der Waals surface area contributed by atoms with Crippen LogP contribution in [0.25, 0.3) is 11.1 Å². The molecule has 6 heteroatoms. The number of nitrogen functional groups attached to an aromatic ring is 1. The molecular weight excluding hydrogens is 240 g/mol. The maximum atomic E-state index is 11.6. The third-order valence-corrected chi connectivity index (χ3v) is 3.45. The largest absolute Gasteiger partial charge is 0.440 e. The number of ether oxygens (including phenoxy) is 1. The highest BCUT2D eigenvalue weighted by Gasteiger charge is 2.09. The summed E-state index contributed by atoms with van der Waals surface area (Å²) in [5.74, 6) is 1.26. The van der Waals surface area contributed by atoms with Crippen molar-refractivity contribution in [3.8, 4) is 0 Å². The molecule has 1 aromatic carbocycles. The first-order chi connectivity index (χ1) is 8.19. The zero-order chi connectivity index (χ0) is 12.3. The number of nitrogens with zero attached hydrogens (tertiary/aromatic N) is 1. The zero-order valence-electron chi connectivity index (χ0n) is 9.51. The van der Waals surface area contributed by atoms with Crippen LogP contribution in [0.4, 0.5) is 5.69 Å². The summed E-state index contributed by atoms with van der Waals surface area (Å²) in [6, 6.07) is 5.25. The van der Waals surface area contributed by atoms with Crippen LogP contribution in [0.1, 0.15) is 5.89 Å². The van der Waals surface area contributed by atoms with Crippen LogP contribution in [0.5, 0.6) is 0 Å². The first-order valence-electron chi connectivity index (χ1n) is 5.18. The summed E-state index contributed by atoms with van der Waals surface area (Å²) >= 11 is 0. The Morgan fingerprint density at radius 1 is 1.53 bits per heavy atom. The first kappa shape index (κ1) is 12.1. The summed E-state index contributed by atoms with van der Waals surface area (Å²) in [6.07, 6.45) is 0. The van der Waals surface area contributed by atoms with Crippen molar-refractivity contribution >= 4 is 27.6 Å². The second-order valence-corrected chi connectivity index (χ2v) is 5.19. The fraction of sp³-hybridized carbons (Fsp3) is 0.364. The molecule has 0 aliphatic carbocycles. The average molecular weight is 254 g/mol. The molecule has 92 valence electrons. The fourth-order valence-electron chi connectivity index (χ4n) is 1.44. The quantitative estimate of drug-likeness (QED) is 0.814. The van der Waals surface area contributed by atoms with Crippen LogP contribution in [0.3, 0.4) is 0 Å². The lowest BCUT2D eigenvalue weighted by Crippen LogP contribution is -2.06. The highest BCUT2D eigenvalue weighted by Crippen LogP contribution is 2.18. The van der Waals surface area contributed by atoms with Gasteiger partial charge in [-0.3, -0.25) is 4.21 Å². The lowest BCUT2D eigenvalue weighted by molar-refractivity contribution is 0.218. The van der Waals surface area contributed by atoms with Crippen LogP contribution in [0.2, 0.25) is 0 Å². The van der Waals surface area contributed by atoms with E-state index in [-0.39, 0.29) is 0 Å². The first-order valence-corrected chi connectivity index (χ1v) is 6.66. The van der Waals surface area contributed by atoms with E-state index in [9.17, 15) is 4.21 Å². The molecule has 2 aromatic rings. The molecule has 1 aromatic heterocycles. The van der Waals surface area contributed by atoms with Crippen LogP contribution < -0.4 is 5.73 Å². The van der Waals surface area contributed by atoms with Gasteiger partial charge in [0.15, 0.2) is 5.58 Å². The van der Waals surface area contributed by atoms with E-state index in [4.69, 9.17) is 14.9 Å². The van der Waals surface area contributed by atoms with Crippen molar-refractivity contribution in [3.63, 3.8) is 0 Å². The number of aromatic nitrogens is 1.